The molecule has 0 aromatic rings. The lowest BCUT2D eigenvalue weighted by Crippen LogP contribution is -2.31. The number of hydrogen-bond donors (Lipinski definition) is 1. The van der Waals surface area contributed by atoms with Crippen LogP contribution in [0.3, 0.4) is 0 Å². The van der Waals surface area contributed by atoms with Gasteiger partial charge >= 0.3 is 0 Å². The van der Waals surface area contributed by atoms with Crippen LogP contribution in [0.5, 0.6) is 0 Å². The van der Waals surface area contributed by atoms with E-state index >= 15 is 0 Å². The largest absolute Gasteiger partial charge is 0.391 e. The van der Waals surface area contributed by atoms with Crippen molar-refractivity contribution in [2.24, 2.45) is 0 Å². The second-order valence-corrected chi connectivity index (χ2v) is 2.52. The standard InChI is InChI=1S/C5H10BNO2/c1-3-4(8)2-5(9)7(3)6/h3-4,8H,2,6H2,1H3/t3?,4-/m1/s1. The molecule has 0 saturated carbocycles. The van der Waals surface area contributed by atoms with E-state index in [0.717, 1.165) is 0 Å². The Labute approximate surface area is 55.1 Å². The Morgan fingerprint density at radius 2 is 2.44 bits per heavy atom. The van der Waals surface area contributed by atoms with Gasteiger partial charge in [-0.05, 0) is 6.92 Å². The monoisotopic (exact) mass is 127 g/mol. The first kappa shape index (κ1) is 6.61. The van der Waals surface area contributed by atoms with Gasteiger partial charge in [0.05, 0.1) is 12.5 Å². The summed E-state index contributed by atoms with van der Waals surface area (Å²) in [6.07, 6.45) is -0.167. The first-order valence-corrected chi connectivity index (χ1v) is 3.06. The lowest BCUT2D eigenvalue weighted by atomic mass is 10.2. The van der Waals surface area contributed by atoms with E-state index in [1.54, 1.807) is 12.8 Å². The summed E-state index contributed by atoms with van der Waals surface area (Å²) in [5.41, 5.74) is 0. The van der Waals surface area contributed by atoms with Gasteiger partial charge in [-0.2, -0.15) is 0 Å². The number of amides is 1. The van der Waals surface area contributed by atoms with Gasteiger partial charge in [0.1, 0.15) is 0 Å². The van der Waals surface area contributed by atoms with Crippen molar-refractivity contribution in [2.75, 3.05) is 0 Å². The van der Waals surface area contributed by atoms with Gasteiger partial charge in [-0.15, -0.1) is 0 Å². The molecule has 3 nitrogen and oxygen atoms in total. The molecular weight excluding hydrogens is 117 g/mol. The van der Waals surface area contributed by atoms with E-state index in [0.29, 0.717) is 0 Å². The molecule has 1 N–H and O–H groups in total. The molecule has 0 radical (unpaired) electrons. The molecule has 9 heavy (non-hydrogen) atoms. The van der Waals surface area contributed by atoms with Crippen molar-refractivity contribution < 1.29 is 9.90 Å². The number of rotatable bonds is 0. The summed E-state index contributed by atoms with van der Waals surface area (Å²) in [6, 6.07) is -0.00231. The average Bonchev–Trinajstić information content (AvgIpc) is 1.98. The fourth-order valence-electron chi connectivity index (χ4n) is 0.979. The van der Waals surface area contributed by atoms with Crippen molar-refractivity contribution in [1.29, 1.82) is 0 Å². The van der Waals surface area contributed by atoms with Crippen molar-refractivity contribution in [2.45, 2.75) is 25.5 Å². The molecule has 1 aliphatic rings. The molecule has 0 bridgehead atoms. The molecular formula is C5H10BNO2. The van der Waals surface area contributed by atoms with E-state index in [-0.39, 0.29) is 18.4 Å². The number of carbonyl (C=O) groups excluding carboxylic acids is 1. The van der Waals surface area contributed by atoms with Crippen LogP contribution in [0.4, 0.5) is 0 Å². The smallest absolute Gasteiger partial charge is 0.221 e. The van der Waals surface area contributed by atoms with Gasteiger partial charge in [0.15, 0.2) is 0 Å². The number of nitrogens with zero attached hydrogens (tertiary/aromatic N) is 1. The first-order valence-electron chi connectivity index (χ1n) is 3.06. The maximum Gasteiger partial charge on any atom is 0.221 e. The Morgan fingerprint density at radius 1 is 1.89 bits per heavy atom. The van der Waals surface area contributed by atoms with E-state index in [4.69, 9.17) is 5.11 Å². The average molecular weight is 127 g/mol. The Bertz CT molecular complexity index is 139. The number of aliphatic hydroxyl groups is 1. The number of carbonyl (C=O) groups is 1. The van der Waals surface area contributed by atoms with E-state index in [1.807, 2.05) is 6.92 Å². The third-order valence-electron chi connectivity index (χ3n) is 1.94. The van der Waals surface area contributed by atoms with E-state index in [2.05, 4.69) is 0 Å². The Balaban J connectivity index is 2.65. The second kappa shape index (κ2) is 2.03. The van der Waals surface area contributed by atoms with Crippen molar-refractivity contribution in [3.63, 3.8) is 0 Å². The summed E-state index contributed by atoms with van der Waals surface area (Å²) >= 11 is 0. The summed E-state index contributed by atoms with van der Waals surface area (Å²) in [5.74, 6) is 0.0370. The summed E-state index contributed by atoms with van der Waals surface area (Å²) in [5, 5.41) is 9.08. The first-order chi connectivity index (χ1) is 4.13. The normalized spacial score (nSPS) is 35.8. The molecule has 0 aromatic heterocycles. The Morgan fingerprint density at radius 3 is 2.56 bits per heavy atom. The lowest BCUT2D eigenvalue weighted by Gasteiger charge is -2.16. The molecule has 0 aliphatic carbocycles. The zero-order valence-corrected chi connectivity index (χ0v) is 5.66. The van der Waals surface area contributed by atoms with Crippen molar-refractivity contribution in [3.8, 4) is 0 Å². The Hall–Kier alpha value is -0.505. The quantitative estimate of drug-likeness (QED) is 0.403. The highest BCUT2D eigenvalue weighted by atomic mass is 16.3. The molecule has 2 atom stereocenters. The maximum absolute atomic E-state index is 10.8. The van der Waals surface area contributed by atoms with Crippen LogP contribution in [0.2, 0.25) is 0 Å². The van der Waals surface area contributed by atoms with Gasteiger partial charge in [0.25, 0.3) is 0 Å². The fraction of sp³-hybridized carbons (Fsp3) is 0.800. The van der Waals surface area contributed by atoms with Gasteiger partial charge < -0.3 is 9.92 Å². The Kier molecular flexibility index (Phi) is 1.49. The van der Waals surface area contributed by atoms with Gasteiger partial charge in [-0.1, -0.05) is 0 Å². The molecule has 1 saturated heterocycles. The predicted octanol–water partition coefficient (Wildman–Crippen LogP) is -1.48. The molecule has 1 unspecified atom stereocenters. The summed E-state index contributed by atoms with van der Waals surface area (Å²) < 4.78 is 0. The number of hydrogen-bond acceptors (Lipinski definition) is 2. The SMILES string of the molecule is BN1C(=O)C[C@@H](O)C1C. The van der Waals surface area contributed by atoms with Crippen LogP contribution >= 0.6 is 0 Å². The van der Waals surface area contributed by atoms with E-state index in [9.17, 15) is 4.79 Å². The minimum atomic E-state index is -0.456. The van der Waals surface area contributed by atoms with E-state index in [1.165, 1.54) is 0 Å². The summed E-state index contributed by atoms with van der Waals surface area (Å²) in [4.78, 5) is 12.3. The van der Waals surface area contributed by atoms with Gasteiger partial charge in [0, 0.05) is 6.04 Å². The minimum Gasteiger partial charge on any atom is -0.391 e. The second-order valence-electron chi connectivity index (χ2n) is 2.52. The van der Waals surface area contributed by atoms with Gasteiger partial charge in [-0.3, -0.25) is 4.79 Å². The predicted molar refractivity (Wildman–Crippen MR) is 35.5 cm³/mol. The topological polar surface area (TPSA) is 40.5 Å². The van der Waals surface area contributed by atoms with Crippen LogP contribution in [0.15, 0.2) is 0 Å². The van der Waals surface area contributed by atoms with Gasteiger partial charge in [-0.25, -0.2) is 0 Å². The van der Waals surface area contributed by atoms with Crippen LogP contribution in [-0.2, 0) is 4.79 Å². The zero-order valence-electron chi connectivity index (χ0n) is 5.66. The van der Waals surface area contributed by atoms with Crippen molar-refractivity contribution >= 4 is 13.9 Å². The summed E-state index contributed by atoms with van der Waals surface area (Å²) in [7, 11) is 1.71. The lowest BCUT2D eigenvalue weighted by molar-refractivity contribution is -0.124. The van der Waals surface area contributed by atoms with Crippen LogP contribution in [-0.4, -0.2) is 36.0 Å². The molecule has 4 heteroatoms. The highest BCUT2D eigenvalue weighted by molar-refractivity contribution is 6.15. The van der Waals surface area contributed by atoms with Crippen LogP contribution < -0.4 is 0 Å². The molecule has 1 amide bonds. The highest BCUT2D eigenvalue weighted by Crippen LogP contribution is 2.15. The molecule has 1 aliphatic heterocycles. The van der Waals surface area contributed by atoms with Crippen LogP contribution in [0, 0.1) is 0 Å². The molecule has 0 aromatic carbocycles. The van der Waals surface area contributed by atoms with E-state index < -0.39 is 6.10 Å². The highest BCUT2D eigenvalue weighted by Gasteiger charge is 2.31. The maximum atomic E-state index is 10.8. The summed E-state index contributed by atoms with van der Waals surface area (Å²) in [6.45, 7) is 1.84. The molecule has 0 spiro atoms. The van der Waals surface area contributed by atoms with Gasteiger partial charge in [0.2, 0.25) is 13.9 Å². The zero-order chi connectivity index (χ0) is 7.02. The van der Waals surface area contributed by atoms with Crippen molar-refractivity contribution in [1.82, 2.24) is 4.81 Å². The van der Waals surface area contributed by atoms with Crippen LogP contribution in [0.25, 0.3) is 0 Å². The number of aliphatic hydroxyl groups excluding tert-OH is 1. The molecule has 1 heterocycles. The molecule has 50 valence electrons. The third-order valence-corrected chi connectivity index (χ3v) is 1.94. The minimum absolute atomic E-state index is 0.00231. The van der Waals surface area contributed by atoms with Crippen LogP contribution in [0.1, 0.15) is 13.3 Å². The molecule has 1 rings (SSSR count). The van der Waals surface area contributed by atoms with Crippen molar-refractivity contribution in [3.05, 3.63) is 0 Å². The third kappa shape index (κ3) is 0.943. The fourth-order valence-corrected chi connectivity index (χ4v) is 0.979. The molecule has 1 fully saturated rings.